The van der Waals surface area contributed by atoms with Crippen molar-refractivity contribution in [3.05, 3.63) is 64.7 Å². The number of nitrogens with one attached hydrogen (secondary N) is 3. The molecule has 30 heavy (non-hydrogen) atoms. The summed E-state index contributed by atoms with van der Waals surface area (Å²) in [6.45, 7) is 1.93. The molecule has 156 valence electrons. The zero-order valence-electron chi connectivity index (χ0n) is 17.0. The monoisotopic (exact) mass is 406 g/mol. The number of piperidine rings is 1. The fourth-order valence-corrected chi connectivity index (χ4v) is 4.07. The second-order valence-electron chi connectivity index (χ2n) is 7.75. The maximum absolute atomic E-state index is 12.9. The van der Waals surface area contributed by atoms with E-state index in [4.69, 9.17) is 0 Å². The number of amides is 3. The molecule has 2 aromatic rings. The topological polar surface area (TPSA) is 90.5 Å². The summed E-state index contributed by atoms with van der Waals surface area (Å²) < 4.78 is 0. The van der Waals surface area contributed by atoms with E-state index in [1.165, 1.54) is 5.56 Å². The molecule has 0 saturated carbocycles. The van der Waals surface area contributed by atoms with Crippen LogP contribution in [0.4, 0.5) is 5.69 Å². The second kappa shape index (κ2) is 8.67. The van der Waals surface area contributed by atoms with Crippen LogP contribution in [-0.4, -0.2) is 42.3 Å². The summed E-state index contributed by atoms with van der Waals surface area (Å²) in [4.78, 5) is 38.2. The molecule has 2 aliphatic heterocycles. The third kappa shape index (κ3) is 4.07. The van der Waals surface area contributed by atoms with Gasteiger partial charge in [-0.2, -0.15) is 0 Å². The quantitative estimate of drug-likeness (QED) is 0.611. The summed E-state index contributed by atoms with van der Waals surface area (Å²) in [5.74, 6) is -0.803. The molecule has 4 rings (SSSR count). The van der Waals surface area contributed by atoms with Crippen LogP contribution in [0.15, 0.2) is 42.5 Å². The number of anilines is 1. The minimum atomic E-state index is -0.589. The molecule has 1 unspecified atom stereocenters. The van der Waals surface area contributed by atoms with Gasteiger partial charge in [0.2, 0.25) is 11.8 Å². The first-order valence-corrected chi connectivity index (χ1v) is 10.3. The van der Waals surface area contributed by atoms with Gasteiger partial charge in [0.05, 0.1) is 0 Å². The summed E-state index contributed by atoms with van der Waals surface area (Å²) in [5, 5.41) is 8.92. The molecule has 0 bridgehead atoms. The van der Waals surface area contributed by atoms with Gasteiger partial charge in [0, 0.05) is 30.8 Å². The SMILES string of the molecule is CNCCc1ccc(NCc2cccc3c2CN(C2CCC(=O)NC2=O)C3=O)cc1. The zero-order valence-corrected chi connectivity index (χ0v) is 17.0. The van der Waals surface area contributed by atoms with Crippen LogP contribution in [-0.2, 0) is 29.1 Å². The van der Waals surface area contributed by atoms with E-state index in [0.29, 0.717) is 25.1 Å². The Labute approximate surface area is 175 Å². The Morgan fingerprint density at radius 3 is 2.63 bits per heavy atom. The van der Waals surface area contributed by atoms with Crippen molar-refractivity contribution in [1.29, 1.82) is 0 Å². The summed E-state index contributed by atoms with van der Waals surface area (Å²) in [5.41, 5.74) is 4.93. The Hall–Kier alpha value is -3.19. The molecule has 1 saturated heterocycles. The number of fused-ring (bicyclic) bond motifs is 1. The highest BCUT2D eigenvalue weighted by Gasteiger charge is 2.39. The minimum absolute atomic E-state index is 0.143. The van der Waals surface area contributed by atoms with Crippen molar-refractivity contribution in [3.8, 4) is 0 Å². The van der Waals surface area contributed by atoms with Crippen molar-refractivity contribution in [2.24, 2.45) is 0 Å². The molecule has 7 heteroatoms. The smallest absolute Gasteiger partial charge is 0.255 e. The zero-order chi connectivity index (χ0) is 21.1. The number of nitrogens with zero attached hydrogens (tertiary/aromatic N) is 1. The number of likely N-dealkylation sites (N-methyl/N-ethyl adjacent to an activating group) is 1. The van der Waals surface area contributed by atoms with Crippen molar-refractivity contribution < 1.29 is 14.4 Å². The minimum Gasteiger partial charge on any atom is -0.381 e. The summed E-state index contributed by atoms with van der Waals surface area (Å²) in [7, 11) is 1.94. The molecule has 2 heterocycles. The van der Waals surface area contributed by atoms with E-state index >= 15 is 0 Å². The van der Waals surface area contributed by atoms with Gasteiger partial charge in [-0.1, -0.05) is 24.3 Å². The fourth-order valence-electron chi connectivity index (χ4n) is 4.07. The lowest BCUT2D eigenvalue weighted by Gasteiger charge is -2.29. The molecule has 0 aromatic heterocycles. The first-order chi connectivity index (χ1) is 14.6. The Morgan fingerprint density at radius 2 is 1.90 bits per heavy atom. The lowest BCUT2D eigenvalue weighted by atomic mass is 10.0. The van der Waals surface area contributed by atoms with E-state index in [9.17, 15) is 14.4 Å². The van der Waals surface area contributed by atoms with Crippen LogP contribution in [0.1, 0.15) is 39.9 Å². The Morgan fingerprint density at radius 1 is 1.10 bits per heavy atom. The molecule has 2 aromatic carbocycles. The molecular weight excluding hydrogens is 380 g/mol. The van der Waals surface area contributed by atoms with Crippen molar-refractivity contribution >= 4 is 23.4 Å². The molecule has 0 aliphatic carbocycles. The van der Waals surface area contributed by atoms with Gasteiger partial charge in [-0.25, -0.2) is 0 Å². The number of imide groups is 1. The molecule has 0 radical (unpaired) electrons. The standard InChI is InChI=1S/C23H26N4O3/c1-24-12-11-15-5-7-17(8-6-15)25-13-16-3-2-4-18-19(16)14-27(23(18)30)20-9-10-21(28)26-22(20)29/h2-8,20,24-25H,9-14H2,1H3,(H,26,28,29). The molecular formula is C23H26N4O3. The van der Waals surface area contributed by atoms with Gasteiger partial charge in [-0.15, -0.1) is 0 Å². The number of carbonyl (C=O) groups is 3. The summed E-state index contributed by atoms with van der Waals surface area (Å²) in [6, 6.07) is 13.5. The third-order valence-corrected chi connectivity index (χ3v) is 5.78. The van der Waals surface area contributed by atoms with Gasteiger partial charge in [0.15, 0.2) is 0 Å². The van der Waals surface area contributed by atoms with E-state index in [2.05, 4.69) is 40.2 Å². The molecule has 3 N–H and O–H groups in total. The molecule has 1 fully saturated rings. The first kappa shape index (κ1) is 20.1. The van der Waals surface area contributed by atoms with Gasteiger partial charge in [0.25, 0.3) is 5.91 Å². The first-order valence-electron chi connectivity index (χ1n) is 10.3. The second-order valence-corrected chi connectivity index (χ2v) is 7.75. The number of benzene rings is 2. The van der Waals surface area contributed by atoms with Gasteiger partial charge in [0.1, 0.15) is 6.04 Å². The lowest BCUT2D eigenvalue weighted by Crippen LogP contribution is -2.52. The van der Waals surface area contributed by atoms with E-state index in [0.717, 1.165) is 29.8 Å². The van der Waals surface area contributed by atoms with Crippen LogP contribution in [0, 0.1) is 0 Å². The largest absolute Gasteiger partial charge is 0.381 e. The Bertz CT molecular complexity index is 971. The van der Waals surface area contributed by atoms with Crippen LogP contribution in [0.3, 0.4) is 0 Å². The molecule has 0 spiro atoms. The van der Waals surface area contributed by atoms with Crippen LogP contribution in [0.25, 0.3) is 0 Å². The van der Waals surface area contributed by atoms with Crippen molar-refractivity contribution in [2.45, 2.75) is 38.4 Å². The predicted octanol–water partition coefficient (Wildman–Crippen LogP) is 1.82. The van der Waals surface area contributed by atoms with Crippen molar-refractivity contribution in [2.75, 3.05) is 18.9 Å². The normalized spacial score (nSPS) is 18.4. The van der Waals surface area contributed by atoms with Crippen molar-refractivity contribution in [1.82, 2.24) is 15.5 Å². The molecule has 3 amide bonds. The summed E-state index contributed by atoms with van der Waals surface area (Å²) in [6.07, 6.45) is 1.62. The Kier molecular flexibility index (Phi) is 5.81. The molecule has 1 atom stereocenters. The van der Waals surface area contributed by atoms with E-state index < -0.39 is 6.04 Å². The predicted molar refractivity (Wildman–Crippen MR) is 114 cm³/mol. The van der Waals surface area contributed by atoms with Crippen LogP contribution in [0.5, 0.6) is 0 Å². The van der Waals surface area contributed by atoms with E-state index in [1.807, 2.05) is 25.2 Å². The van der Waals surface area contributed by atoms with E-state index in [-0.39, 0.29) is 24.1 Å². The molecule has 2 aliphatic rings. The fraction of sp³-hybridized carbons (Fsp3) is 0.348. The van der Waals surface area contributed by atoms with Crippen LogP contribution < -0.4 is 16.0 Å². The van der Waals surface area contributed by atoms with E-state index in [1.54, 1.807) is 4.90 Å². The average molecular weight is 406 g/mol. The number of hydrogen-bond acceptors (Lipinski definition) is 5. The van der Waals surface area contributed by atoms with Gasteiger partial charge >= 0.3 is 0 Å². The highest BCUT2D eigenvalue weighted by atomic mass is 16.2. The summed E-state index contributed by atoms with van der Waals surface area (Å²) >= 11 is 0. The van der Waals surface area contributed by atoms with Gasteiger partial charge in [-0.05, 0) is 61.3 Å². The molecule has 7 nitrogen and oxygen atoms in total. The number of hydrogen-bond donors (Lipinski definition) is 3. The lowest BCUT2D eigenvalue weighted by molar-refractivity contribution is -0.136. The highest BCUT2D eigenvalue weighted by Crippen LogP contribution is 2.30. The van der Waals surface area contributed by atoms with Crippen LogP contribution in [0.2, 0.25) is 0 Å². The maximum atomic E-state index is 12.9. The highest BCUT2D eigenvalue weighted by molar-refractivity contribution is 6.05. The third-order valence-electron chi connectivity index (χ3n) is 5.78. The van der Waals surface area contributed by atoms with Gasteiger partial charge < -0.3 is 15.5 Å². The maximum Gasteiger partial charge on any atom is 0.255 e. The Balaban J connectivity index is 1.45. The van der Waals surface area contributed by atoms with Crippen LogP contribution >= 0.6 is 0 Å². The van der Waals surface area contributed by atoms with Crippen molar-refractivity contribution in [3.63, 3.8) is 0 Å². The average Bonchev–Trinajstić information content (AvgIpc) is 3.08. The van der Waals surface area contributed by atoms with Gasteiger partial charge in [-0.3, -0.25) is 19.7 Å². The number of carbonyl (C=O) groups excluding carboxylic acids is 3. The number of rotatable bonds is 7.